The number of hydrogen-bond donors (Lipinski definition) is 0. The number of carbonyl (C=O) groups is 6. The van der Waals surface area contributed by atoms with Gasteiger partial charge < -0.3 is 33.6 Å². The van der Waals surface area contributed by atoms with Gasteiger partial charge in [0.25, 0.3) is 11.8 Å². The Bertz CT molecular complexity index is 1590. The van der Waals surface area contributed by atoms with Gasteiger partial charge in [-0.05, 0) is 88.6 Å². The van der Waals surface area contributed by atoms with E-state index in [-0.39, 0.29) is 101 Å². The number of methoxy groups -OCH3 is 1. The Morgan fingerprint density at radius 3 is 1.56 bits per heavy atom. The zero-order valence-corrected chi connectivity index (χ0v) is 38.9. The average molecular weight is 878 g/mol. The average Bonchev–Trinajstić information content (AvgIpc) is 3.34. The number of ether oxygens (including phenoxy) is 4. The number of carbonyl (C=O) groups excluding carboxylic acids is 6. The number of rotatable bonds is 6. The van der Waals surface area contributed by atoms with Crippen molar-refractivity contribution >= 4 is 35.9 Å². The topological polar surface area (TPSA) is 165 Å². The summed E-state index contributed by atoms with van der Waals surface area (Å²) in [7, 11) is 1.40. The molecule has 0 N–H and O–H groups in total. The summed E-state index contributed by atoms with van der Waals surface area (Å²) >= 11 is 0. The summed E-state index contributed by atoms with van der Waals surface area (Å²) in [4.78, 5) is 91.8. The minimum absolute atomic E-state index is 0. The predicted molar refractivity (Wildman–Crippen MR) is 205 cm³/mol. The van der Waals surface area contributed by atoms with Crippen molar-refractivity contribution in [1.82, 2.24) is 24.7 Å². The third-order valence-corrected chi connectivity index (χ3v) is 8.69. The van der Waals surface area contributed by atoms with Gasteiger partial charge in [0.05, 0.1) is 13.2 Å². The van der Waals surface area contributed by atoms with Gasteiger partial charge >= 0.3 is 24.1 Å². The van der Waals surface area contributed by atoms with E-state index in [1.807, 2.05) is 4.90 Å². The van der Waals surface area contributed by atoms with Crippen LogP contribution >= 0.6 is 0 Å². The molecule has 0 aromatic heterocycles. The molecule has 2 fully saturated rings. The van der Waals surface area contributed by atoms with Crippen molar-refractivity contribution in [3.8, 4) is 5.75 Å². The zero-order chi connectivity index (χ0) is 42.4. The fourth-order valence-corrected chi connectivity index (χ4v) is 6.00. The Kier molecular flexibility index (Phi) is 17.5. The summed E-state index contributed by atoms with van der Waals surface area (Å²) in [5.41, 5.74) is -2.73. The van der Waals surface area contributed by atoms with Gasteiger partial charge in [0.2, 0.25) is 0 Å². The summed E-state index contributed by atoms with van der Waals surface area (Å²) in [5.74, 6) is -2.80. The molecule has 1 aromatic rings. The number of imide groups is 1. The second-order valence-electron chi connectivity index (χ2n) is 17.9. The maximum atomic E-state index is 14.4. The molecule has 2 aliphatic heterocycles. The number of esters is 1. The van der Waals surface area contributed by atoms with Gasteiger partial charge in [-0.15, -0.1) is 17.2 Å². The molecule has 2 heterocycles. The molecule has 0 saturated carbocycles. The van der Waals surface area contributed by atoms with E-state index < -0.39 is 58.8 Å². The third-order valence-electron chi connectivity index (χ3n) is 8.69. The minimum Gasteiger partial charge on any atom is -0.522 e. The molecule has 317 valence electrons. The standard InChI is InChI=1S/C40H62N5O11.Y/c1-37(2,3)44-24-22-41(18-19-42(35(50)54-39(7,8)9)20-21-43(23-25-44)36(51)55-40(10,11)12)32(34(49)53-38(4,5)6)28-26-27(14-15-29(28)52-13)33(48)56-45-30(46)16-17-31(45)47;/h14,26,32H,16-25H2,1-13H3;/q-1;. The van der Waals surface area contributed by atoms with Gasteiger partial charge in [-0.3, -0.25) is 29.0 Å². The van der Waals surface area contributed by atoms with Crippen molar-refractivity contribution in [1.29, 1.82) is 0 Å². The van der Waals surface area contributed by atoms with Crippen LogP contribution in [0.3, 0.4) is 0 Å². The maximum Gasteiger partial charge on any atom is 0.410 e. The van der Waals surface area contributed by atoms with E-state index >= 15 is 0 Å². The summed E-state index contributed by atoms with van der Waals surface area (Å²) in [6.45, 7) is 23.9. The molecule has 0 aliphatic carbocycles. The first-order valence-electron chi connectivity index (χ1n) is 19.0. The monoisotopic (exact) mass is 877 g/mol. The number of benzene rings is 1. The van der Waals surface area contributed by atoms with Gasteiger partial charge in [-0.25, -0.2) is 9.59 Å². The molecule has 16 nitrogen and oxygen atoms in total. The van der Waals surface area contributed by atoms with Crippen LogP contribution in [0.25, 0.3) is 0 Å². The van der Waals surface area contributed by atoms with E-state index in [4.69, 9.17) is 23.8 Å². The summed E-state index contributed by atoms with van der Waals surface area (Å²) in [6.07, 6.45) is -1.26. The molecule has 2 saturated heterocycles. The van der Waals surface area contributed by atoms with E-state index in [9.17, 15) is 28.8 Å². The molecule has 1 atom stereocenters. The Balaban J connectivity index is 0.0000112. The van der Waals surface area contributed by atoms with Crippen molar-refractivity contribution in [3.63, 3.8) is 0 Å². The maximum absolute atomic E-state index is 14.4. The fourth-order valence-electron chi connectivity index (χ4n) is 6.00. The Morgan fingerprint density at radius 2 is 1.11 bits per heavy atom. The summed E-state index contributed by atoms with van der Waals surface area (Å²) < 4.78 is 23.2. The van der Waals surface area contributed by atoms with Crippen LogP contribution in [0.15, 0.2) is 12.1 Å². The van der Waals surface area contributed by atoms with Crippen molar-refractivity contribution in [2.45, 2.75) is 124 Å². The van der Waals surface area contributed by atoms with Crippen LogP contribution in [-0.4, -0.2) is 142 Å². The number of amides is 4. The van der Waals surface area contributed by atoms with Crippen LogP contribution in [0.1, 0.15) is 118 Å². The van der Waals surface area contributed by atoms with Crippen molar-refractivity contribution < 1.29 is 85.3 Å². The molecular formula is C40H62N5O11Y-. The zero-order valence-electron chi connectivity index (χ0n) is 36.1. The molecule has 2 aliphatic rings. The van der Waals surface area contributed by atoms with Crippen LogP contribution in [0, 0.1) is 6.07 Å². The number of hydrogen-bond acceptors (Lipinski definition) is 13. The first-order chi connectivity index (χ1) is 25.7. The molecule has 1 radical (unpaired) electrons. The van der Waals surface area contributed by atoms with E-state index in [0.717, 1.165) is 0 Å². The van der Waals surface area contributed by atoms with Crippen molar-refractivity contribution in [2.75, 3.05) is 59.5 Å². The summed E-state index contributed by atoms with van der Waals surface area (Å²) in [6, 6.07) is 4.41. The molecule has 0 spiro atoms. The van der Waals surface area contributed by atoms with Crippen molar-refractivity contribution in [2.24, 2.45) is 0 Å². The molecule has 4 amide bonds. The van der Waals surface area contributed by atoms with Crippen LogP contribution < -0.4 is 4.74 Å². The third kappa shape index (κ3) is 15.4. The Labute approximate surface area is 363 Å². The van der Waals surface area contributed by atoms with Crippen molar-refractivity contribution in [3.05, 3.63) is 29.3 Å². The van der Waals surface area contributed by atoms with Gasteiger partial charge in [0, 0.05) is 109 Å². The second kappa shape index (κ2) is 20.1. The minimum atomic E-state index is -1.20. The van der Waals surface area contributed by atoms with Gasteiger partial charge in [-0.1, -0.05) is 5.56 Å². The Morgan fingerprint density at radius 1 is 0.667 bits per heavy atom. The smallest absolute Gasteiger partial charge is 0.410 e. The quantitative estimate of drug-likeness (QED) is 0.163. The molecule has 1 aromatic carbocycles. The van der Waals surface area contributed by atoms with Crippen LogP contribution in [0.2, 0.25) is 0 Å². The van der Waals surface area contributed by atoms with E-state index in [2.05, 4.69) is 31.7 Å². The van der Waals surface area contributed by atoms with Crippen LogP contribution in [0.5, 0.6) is 5.75 Å². The van der Waals surface area contributed by atoms with Gasteiger partial charge in [-0.2, -0.15) is 6.07 Å². The normalized spacial score (nSPS) is 17.8. The van der Waals surface area contributed by atoms with Crippen LogP contribution in [-0.2, 0) is 66.1 Å². The number of nitrogens with zero attached hydrogens (tertiary/aromatic N) is 5. The molecule has 57 heavy (non-hydrogen) atoms. The fraction of sp³-hybridized carbons (Fsp3) is 0.700. The molecule has 1 unspecified atom stereocenters. The predicted octanol–water partition coefficient (Wildman–Crippen LogP) is 4.99. The van der Waals surface area contributed by atoms with Gasteiger partial charge in [0.15, 0.2) is 0 Å². The first-order valence-corrected chi connectivity index (χ1v) is 19.0. The SMILES string of the molecule is COc1[c-]cc(C(=O)ON2C(=O)CCC2=O)cc1C(C(=O)OC(C)(C)C)N1CCN(C(=O)OC(C)(C)C)CCN(C(=O)OC(C)(C)C)CCN(C(C)(C)C)CC1.[Y]. The molecule has 3 rings (SSSR count). The second-order valence-corrected chi connectivity index (χ2v) is 17.9. The van der Waals surface area contributed by atoms with E-state index in [0.29, 0.717) is 24.7 Å². The largest absolute Gasteiger partial charge is 0.522 e. The molecular weight excluding hydrogens is 815 g/mol. The molecule has 0 bridgehead atoms. The first kappa shape index (κ1) is 49.8. The molecule has 17 heteroatoms. The van der Waals surface area contributed by atoms with E-state index in [1.165, 1.54) is 24.1 Å². The van der Waals surface area contributed by atoms with Crippen LogP contribution in [0.4, 0.5) is 9.59 Å². The van der Waals surface area contributed by atoms with Gasteiger partial charge in [0.1, 0.15) is 16.8 Å². The van der Waals surface area contributed by atoms with E-state index in [1.54, 1.807) is 67.2 Å². The Hall–Kier alpha value is -3.34. The number of hydroxylamine groups is 2. The summed E-state index contributed by atoms with van der Waals surface area (Å²) in [5, 5.41) is 0.449.